The Kier molecular flexibility index (Phi) is 8.92. The van der Waals surface area contributed by atoms with Gasteiger partial charge in [0.15, 0.2) is 5.78 Å². The van der Waals surface area contributed by atoms with Crippen LogP contribution >= 0.6 is 15.9 Å². The lowest BCUT2D eigenvalue weighted by atomic mass is 10.0. The molecule has 2 aromatic carbocycles. The van der Waals surface area contributed by atoms with Crippen molar-refractivity contribution in [1.29, 1.82) is 0 Å². The van der Waals surface area contributed by atoms with Gasteiger partial charge in [0.1, 0.15) is 12.3 Å². The van der Waals surface area contributed by atoms with E-state index in [2.05, 4.69) is 20.9 Å². The van der Waals surface area contributed by atoms with Crippen molar-refractivity contribution >= 4 is 33.8 Å². The van der Waals surface area contributed by atoms with Crippen LogP contribution in [0.25, 0.3) is 0 Å². The Labute approximate surface area is 223 Å². The van der Waals surface area contributed by atoms with Gasteiger partial charge in [-0.05, 0) is 33.1 Å². The van der Waals surface area contributed by atoms with E-state index in [0.717, 1.165) is 11.1 Å². The molecule has 1 aromatic heterocycles. The second-order valence-electron chi connectivity index (χ2n) is 8.50. The molecule has 1 aliphatic rings. The zero-order valence-corrected chi connectivity index (χ0v) is 21.8. The second kappa shape index (κ2) is 12.5. The highest BCUT2D eigenvalue weighted by Crippen LogP contribution is 2.24. The molecule has 0 saturated carbocycles. The number of carbonyl (C=O) groups is 3. The zero-order chi connectivity index (χ0) is 26.2. The fourth-order valence-electron chi connectivity index (χ4n) is 3.97. The van der Waals surface area contributed by atoms with Crippen molar-refractivity contribution in [2.75, 3.05) is 13.7 Å². The molecule has 0 radical (unpaired) electrons. The Morgan fingerprint density at radius 2 is 1.62 bits per heavy atom. The van der Waals surface area contributed by atoms with E-state index in [0.29, 0.717) is 11.1 Å². The molecule has 1 amide bonds. The standard InChI is InChI=1S/C28H27BrN2O6/c1-35-27(33)24-15-23(29)26(30-24)25(32)14-21-12-13-22(36-17-19-8-4-2-5-9-19)16-31(21)28(34)37-18-20-10-6-3-7-11-20/h2-13,15,21-22,30H,14,16-18H2,1H3/t21-,22+/m1/s1. The average Bonchev–Trinajstić information content (AvgIpc) is 3.33. The number of amides is 1. The molecule has 37 heavy (non-hydrogen) atoms. The highest BCUT2D eigenvalue weighted by atomic mass is 79.9. The van der Waals surface area contributed by atoms with Crippen molar-refractivity contribution in [3.63, 3.8) is 0 Å². The number of nitrogens with zero attached hydrogens (tertiary/aromatic N) is 1. The number of nitrogens with one attached hydrogen (secondary N) is 1. The number of esters is 1. The maximum absolute atomic E-state index is 13.1. The smallest absolute Gasteiger partial charge is 0.410 e. The summed E-state index contributed by atoms with van der Waals surface area (Å²) >= 11 is 3.32. The molecule has 8 nitrogen and oxygen atoms in total. The lowest BCUT2D eigenvalue weighted by Gasteiger charge is -2.34. The lowest BCUT2D eigenvalue weighted by molar-refractivity contribution is 0.0206. The predicted molar refractivity (Wildman–Crippen MR) is 140 cm³/mol. The number of methoxy groups -OCH3 is 1. The number of hydrogen-bond acceptors (Lipinski definition) is 6. The monoisotopic (exact) mass is 566 g/mol. The van der Waals surface area contributed by atoms with Crippen molar-refractivity contribution in [1.82, 2.24) is 9.88 Å². The van der Waals surface area contributed by atoms with Crippen LogP contribution in [-0.4, -0.2) is 53.5 Å². The molecular formula is C28H27BrN2O6. The summed E-state index contributed by atoms with van der Waals surface area (Å²) in [6.07, 6.45) is 2.74. The molecule has 1 aliphatic heterocycles. The fraction of sp³-hybridized carbons (Fsp3) is 0.250. The Morgan fingerprint density at radius 3 is 2.27 bits per heavy atom. The second-order valence-corrected chi connectivity index (χ2v) is 9.36. The summed E-state index contributed by atoms with van der Waals surface area (Å²) in [6, 6.07) is 20.1. The Hall–Kier alpha value is -3.69. The van der Waals surface area contributed by atoms with E-state index in [1.165, 1.54) is 18.1 Å². The maximum atomic E-state index is 13.1. The topological polar surface area (TPSA) is 97.9 Å². The molecule has 9 heteroatoms. The Balaban J connectivity index is 1.48. The van der Waals surface area contributed by atoms with Gasteiger partial charge in [-0.3, -0.25) is 9.69 Å². The van der Waals surface area contributed by atoms with Crippen LogP contribution in [-0.2, 0) is 27.4 Å². The highest BCUT2D eigenvalue weighted by Gasteiger charge is 2.32. The predicted octanol–water partition coefficient (Wildman–Crippen LogP) is 5.30. The molecule has 2 heterocycles. The van der Waals surface area contributed by atoms with Crippen molar-refractivity contribution in [2.24, 2.45) is 0 Å². The number of aromatic amines is 1. The fourth-order valence-corrected chi connectivity index (χ4v) is 4.52. The molecular weight excluding hydrogens is 540 g/mol. The van der Waals surface area contributed by atoms with E-state index in [9.17, 15) is 14.4 Å². The highest BCUT2D eigenvalue weighted by molar-refractivity contribution is 9.10. The SMILES string of the molecule is COC(=O)c1cc(Br)c(C(=O)C[C@H]2C=C[C@H](OCc3ccccc3)CN2C(=O)OCc2ccccc2)[nH]1. The van der Waals surface area contributed by atoms with Crippen LogP contribution in [0.3, 0.4) is 0 Å². The third-order valence-electron chi connectivity index (χ3n) is 5.92. The lowest BCUT2D eigenvalue weighted by Crippen LogP contribution is -2.47. The number of halogens is 1. The van der Waals surface area contributed by atoms with E-state index >= 15 is 0 Å². The Morgan fingerprint density at radius 1 is 0.973 bits per heavy atom. The number of hydrogen-bond donors (Lipinski definition) is 1. The molecule has 3 aromatic rings. The van der Waals surface area contributed by atoms with E-state index in [1.54, 1.807) is 6.08 Å². The van der Waals surface area contributed by atoms with Gasteiger partial charge in [0.25, 0.3) is 0 Å². The van der Waals surface area contributed by atoms with Gasteiger partial charge in [0, 0.05) is 10.9 Å². The van der Waals surface area contributed by atoms with E-state index in [-0.39, 0.29) is 42.8 Å². The first kappa shape index (κ1) is 26.4. The van der Waals surface area contributed by atoms with Gasteiger partial charge >= 0.3 is 12.1 Å². The van der Waals surface area contributed by atoms with Crippen LogP contribution in [0.5, 0.6) is 0 Å². The summed E-state index contributed by atoms with van der Waals surface area (Å²) in [5.74, 6) is -0.858. The van der Waals surface area contributed by atoms with E-state index in [4.69, 9.17) is 14.2 Å². The number of carbonyl (C=O) groups excluding carboxylic acids is 3. The summed E-state index contributed by atoms with van der Waals surface area (Å²) < 4.78 is 16.8. The van der Waals surface area contributed by atoms with Crippen LogP contribution in [0, 0.1) is 0 Å². The third-order valence-corrected chi connectivity index (χ3v) is 6.55. The third kappa shape index (κ3) is 6.96. The van der Waals surface area contributed by atoms with Gasteiger partial charge in [-0.1, -0.05) is 72.8 Å². The first-order valence-corrected chi connectivity index (χ1v) is 12.5. The van der Waals surface area contributed by atoms with E-state index in [1.807, 2.05) is 66.7 Å². The number of Topliss-reactive ketones (excluding diaryl/α,β-unsaturated/α-hetero) is 1. The first-order valence-electron chi connectivity index (χ1n) is 11.8. The van der Waals surface area contributed by atoms with Crippen LogP contribution in [0.1, 0.15) is 38.5 Å². The molecule has 0 fully saturated rings. The van der Waals surface area contributed by atoms with Gasteiger partial charge in [-0.2, -0.15) is 0 Å². The minimum absolute atomic E-state index is 0.0118. The Bertz CT molecular complexity index is 1260. The molecule has 0 aliphatic carbocycles. The molecule has 0 bridgehead atoms. The zero-order valence-electron chi connectivity index (χ0n) is 20.3. The molecule has 192 valence electrons. The van der Waals surface area contributed by atoms with Gasteiger partial charge in [-0.15, -0.1) is 0 Å². The van der Waals surface area contributed by atoms with Gasteiger partial charge in [0.05, 0.1) is 38.1 Å². The number of ketones is 1. The number of aromatic nitrogens is 1. The summed E-state index contributed by atoms with van der Waals surface area (Å²) in [7, 11) is 1.26. The van der Waals surface area contributed by atoms with Gasteiger partial charge in [-0.25, -0.2) is 9.59 Å². The minimum Gasteiger partial charge on any atom is -0.464 e. The van der Waals surface area contributed by atoms with Crippen LogP contribution in [0.4, 0.5) is 4.79 Å². The molecule has 2 atom stereocenters. The van der Waals surface area contributed by atoms with Crippen LogP contribution in [0.15, 0.2) is 83.4 Å². The quantitative estimate of drug-likeness (QED) is 0.214. The maximum Gasteiger partial charge on any atom is 0.410 e. The van der Waals surface area contributed by atoms with E-state index < -0.39 is 18.1 Å². The largest absolute Gasteiger partial charge is 0.464 e. The molecule has 0 spiro atoms. The normalized spacial score (nSPS) is 16.9. The number of H-pyrrole nitrogens is 1. The minimum atomic E-state index is -0.582. The summed E-state index contributed by atoms with van der Waals surface area (Å²) in [4.78, 5) is 42.4. The first-order chi connectivity index (χ1) is 17.9. The number of ether oxygens (including phenoxy) is 3. The molecule has 1 N–H and O–H groups in total. The molecule has 4 rings (SSSR count). The summed E-state index contributed by atoms with van der Waals surface area (Å²) in [5.41, 5.74) is 2.27. The van der Waals surface area contributed by atoms with Crippen LogP contribution in [0.2, 0.25) is 0 Å². The molecule has 0 unspecified atom stereocenters. The number of rotatable bonds is 9. The van der Waals surface area contributed by atoms with Gasteiger partial charge < -0.3 is 19.2 Å². The summed E-state index contributed by atoms with van der Waals surface area (Å²) in [5, 5.41) is 0. The van der Waals surface area contributed by atoms with Crippen molar-refractivity contribution in [3.05, 3.63) is 106 Å². The number of benzene rings is 2. The van der Waals surface area contributed by atoms with Gasteiger partial charge in [0.2, 0.25) is 0 Å². The van der Waals surface area contributed by atoms with Crippen LogP contribution < -0.4 is 0 Å². The van der Waals surface area contributed by atoms with Crippen molar-refractivity contribution in [3.8, 4) is 0 Å². The van der Waals surface area contributed by atoms with Crippen molar-refractivity contribution in [2.45, 2.75) is 31.8 Å². The molecule has 0 saturated heterocycles. The average molecular weight is 567 g/mol. The van der Waals surface area contributed by atoms with Crippen molar-refractivity contribution < 1.29 is 28.6 Å². The summed E-state index contributed by atoms with van der Waals surface area (Å²) in [6.45, 7) is 0.729.